The standard InChI is InChI=1S/C17H12Cl2N2O2/c18-14-5-1-12(2-6-14)10-20-22-11-16-9-17(21-23-16)13-3-7-15(19)8-4-13/h1-10H,11H2. The molecule has 4 nitrogen and oxygen atoms in total. The normalized spacial score (nSPS) is 11.0. The molecule has 0 aliphatic rings. The van der Waals surface area contributed by atoms with E-state index < -0.39 is 0 Å². The quantitative estimate of drug-likeness (QED) is 0.471. The van der Waals surface area contributed by atoms with E-state index in [1.165, 1.54) is 0 Å². The molecule has 0 fully saturated rings. The topological polar surface area (TPSA) is 47.6 Å². The zero-order valence-electron chi connectivity index (χ0n) is 11.9. The molecule has 3 aromatic rings. The average Bonchev–Trinajstić information content (AvgIpc) is 3.03. The van der Waals surface area contributed by atoms with Crippen molar-refractivity contribution in [2.75, 3.05) is 0 Å². The molecule has 2 aromatic carbocycles. The summed E-state index contributed by atoms with van der Waals surface area (Å²) in [5.41, 5.74) is 2.55. The number of nitrogens with zero attached hydrogens (tertiary/aromatic N) is 2. The van der Waals surface area contributed by atoms with Gasteiger partial charge in [0, 0.05) is 21.7 Å². The number of benzene rings is 2. The SMILES string of the molecule is Clc1ccc(C=NOCc2cc(-c3ccc(Cl)cc3)no2)cc1. The molecule has 3 rings (SSSR count). The minimum Gasteiger partial charge on any atom is -0.387 e. The summed E-state index contributed by atoms with van der Waals surface area (Å²) in [7, 11) is 0. The van der Waals surface area contributed by atoms with Crippen LogP contribution in [-0.4, -0.2) is 11.4 Å². The molecule has 1 heterocycles. The van der Waals surface area contributed by atoms with E-state index in [1.807, 2.05) is 24.3 Å². The molecule has 0 aliphatic heterocycles. The zero-order valence-corrected chi connectivity index (χ0v) is 13.5. The molecular formula is C17H12Cl2N2O2. The maximum absolute atomic E-state index is 5.86. The Bertz CT molecular complexity index is 796. The number of oxime groups is 1. The van der Waals surface area contributed by atoms with E-state index in [9.17, 15) is 0 Å². The highest BCUT2D eigenvalue weighted by atomic mass is 35.5. The minimum atomic E-state index is 0.199. The van der Waals surface area contributed by atoms with E-state index >= 15 is 0 Å². The van der Waals surface area contributed by atoms with Crippen LogP contribution in [-0.2, 0) is 11.4 Å². The molecule has 0 amide bonds. The third-order valence-corrected chi connectivity index (χ3v) is 3.56. The van der Waals surface area contributed by atoms with Crippen LogP contribution < -0.4 is 0 Å². The lowest BCUT2D eigenvalue weighted by Gasteiger charge is -1.95. The number of halogens is 2. The Morgan fingerprint density at radius 1 is 1.00 bits per heavy atom. The fraction of sp³-hybridized carbons (Fsp3) is 0.0588. The Morgan fingerprint density at radius 3 is 2.35 bits per heavy atom. The first kappa shape index (κ1) is 15.6. The fourth-order valence-corrected chi connectivity index (χ4v) is 2.14. The van der Waals surface area contributed by atoms with Crippen LogP contribution in [0, 0.1) is 0 Å². The predicted octanol–water partition coefficient (Wildman–Crippen LogP) is 5.20. The summed E-state index contributed by atoms with van der Waals surface area (Å²) in [6.45, 7) is 0.199. The summed E-state index contributed by atoms with van der Waals surface area (Å²) in [5, 5.41) is 9.24. The van der Waals surface area contributed by atoms with Crippen molar-refractivity contribution in [3.63, 3.8) is 0 Å². The fourth-order valence-electron chi connectivity index (χ4n) is 1.89. The van der Waals surface area contributed by atoms with Crippen LogP contribution in [0.3, 0.4) is 0 Å². The monoisotopic (exact) mass is 346 g/mol. The highest BCUT2D eigenvalue weighted by molar-refractivity contribution is 6.30. The molecule has 6 heteroatoms. The molecule has 0 unspecified atom stereocenters. The largest absolute Gasteiger partial charge is 0.387 e. The van der Waals surface area contributed by atoms with Crippen LogP contribution in [0.2, 0.25) is 10.0 Å². The van der Waals surface area contributed by atoms with Crippen molar-refractivity contribution in [3.05, 3.63) is 76.0 Å². The maximum atomic E-state index is 5.86. The van der Waals surface area contributed by atoms with Crippen LogP contribution in [0.15, 0.2) is 64.3 Å². The Hall–Kier alpha value is -2.30. The van der Waals surface area contributed by atoms with Crippen molar-refractivity contribution in [1.29, 1.82) is 0 Å². The van der Waals surface area contributed by atoms with Gasteiger partial charge in [-0.1, -0.05) is 57.8 Å². The van der Waals surface area contributed by atoms with E-state index in [1.54, 1.807) is 36.5 Å². The van der Waals surface area contributed by atoms with Crippen molar-refractivity contribution >= 4 is 29.4 Å². The van der Waals surface area contributed by atoms with Gasteiger partial charge in [0.2, 0.25) is 0 Å². The highest BCUT2D eigenvalue weighted by Gasteiger charge is 2.06. The number of hydrogen-bond acceptors (Lipinski definition) is 4. The number of hydrogen-bond donors (Lipinski definition) is 0. The second-order valence-corrected chi connectivity index (χ2v) is 5.62. The predicted molar refractivity (Wildman–Crippen MR) is 90.8 cm³/mol. The van der Waals surface area contributed by atoms with Crippen LogP contribution in [0.5, 0.6) is 0 Å². The van der Waals surface area contributed by atoms with Gasteiger partial charge in [0.1, 0.15) is 5.69 Å². The molecule has 0 aliphatic carbocycles. The molecule has 0 radical (unpaired) electrons. The van der Waals surface area contributed by atoms with Crippen LogP contribution >= 0.6 is 23.2 Å². The number of rotatable bonds is 5. The molecule has 0 saturated carbocycles. The van der Waals surface area contributed by atoms with Crippen molar-refractivity contribution < 1.29 is 9.36 Å². The summed E-state index contributed by atoms with van der Waals surface area (Å²) < 4.78 is 5.22. The lowest BCUT2D eigenvalue weighted by molar-refractivity contribution is 0.110. The molecule has 0 atom stereocenters. The smallest absolute Gasteiger partial charge is 0.177 e. The van der Waals surface area contributed by atoms with Gasteiger partial charge in [-0.25, -0.2) is 0 Å². The molecule has 0 bridgehead atoms. The summed E-state index contributed by atoms with van der Waals surface area (Å²) in [6.07, 6.45) is 1.60. The van der Waals surface area contributed by atoms with Gasteiger partial charge >= 0.3 is 0 Å². The van der Waals surface area contributed by atoms with Crippen molar-refractivity contribution in [2.24, 2.45) is 5.16 Å². The Morgan fingerprint density at radius 2 is 1.65 bits per heavy atom. The second kappa shape index (κ2) is 7.31. The van der Waals surface area contributed by atoms with E-state index in [0.29, 0.717) is 15.8 Å². The Labute approximate surface area is 143 Å². The van der Waals surface area contributed by atoms with E-state index in [0.717, 1.165) is 16.8 Å². The van der Waals surface area contributed by atoms with Crippen LogP contribution in [0.4, 0.5) is 0 Å². The van der Waals surface area contributed by atoms with E-state index in [4.69, 9.17) is 32.6 Å². The van der Waals surface area contributed by atoms with E-state index in [2.05, 4.69) is 10.3 Å². The van der Waals surface area contributed by atoms with Gasteiger partial charge in [0.15, 0.2) is 12.4 Å². The van der Waals surface area contributed by atoms with Crippen molar-refractivity contribution in [2.45, 2.75) is 6.61 Å². The van der Waals surface area contributed by atoms with Gasteiger partial charge in [-0.3, -0.25) is 0 Å². The van der Waals surface area contributed by atoms with Gasteiger partial charge in [0.05, 0.1) is 6.21 Å². The van der Waals surface area contributed by atoms with Gasteiger partial charge in [-0.15, -0.1) is 0 Å². The lowest BCUT2D eigenvalue weighted by atomic mass is 10.1. The number of aromatic nitrogens is 1. The first-order valence-corrected chi connectivity index (χ1v) is 7.59. The second-order valence-electron chi connectivity index (χ2n) is 4.74. The molecule has 1 aromatic heterocycles. The molecule has 116 valence electrons. The minimum absolute atomic E-state index is 0.199. The van der Waals surface area contributed by atoms with Crippen LogP contribution in [0.1, 0.15) is 11.3 Å². The van der Waals surface area contributed by atoms with Gasteiger partial charge < -0.3 is 9.36 Å². The van der Waals surface area contributed by atoms with Crippen LogP contribution in [0.25, 0.3) is 11.3 Å². The maximum Gasteiger partial charge on any atom is 0.177 e. The Balaban J connectivity index is 1.57. The first-order chi connectivity index (χ1) is 11.2. The molecular weight excluding hydrogens is 335 g/mol. The summed E-state index contributed by atoms with van der Waals surface area (Å²) in [5.74, 6) is 0.586. The molecule has 0 saturated heterocycles. The van der Waals surface area contributed by atoms with Gasteiger partial charge in [-0.2, -0.15) is 0 Å². The average molecular weight is 347 g/mol. The Kier molecular flexibility index (Phi) is 4.95. The lowest BCUT2D eigenvalue weighted by Crippen LogP contribution is -1.86. The highest BCUT2D eigenvalue weighted by Crippen LogP contribution is 2.21. The molecule has 23 heavy (non-hydrogen) atoms. The first-order valence-electron chi connectivity index (χ1n) is 6.83. The zero-order chi connectivity index (χ0) is 16.1. The summed E-state index contributed by atoms with van der Waals surface area (Å²) >= 11 is 11.7. The van der Waals surface area contributed by atoms with Crippen molar-refractivity contribution in [1.82, 2.24) is 5.16 Å². The van der Waals surface area contributed by atoms with Crippen molar-refractivity contribution in [3.8, 4) is 11.3 Å². The third kappa shape index (κ3) is 4.34. The molecule has 0 spiro atoms. The van der Waals surface area contributed by atoms with Gasteiger partial charge in [-0.05, 0) is 29.8 Å². The summed E-state index contributed by atoms with van der Waals surface area (Å²) in [4.78, 5) is 5.20. The van der Waals surface area contributed by atoms with E-state index in [-0.39, 0.29) is 6.61 Å². The third-order valence-electron chi connectivity index (χ3n) is 3.05. The molecule has 0 N–H and O–H groups in total. The summed E-state index contributed by atoms with van der Waals surface area (Å²) in [6, 6.07) is 16.4. The van der Waals surface area contributed by atoms with Gasteiger partial charge in [0.25, 0.3) is 0 Å².